The molecule has 5 heteroatoms. The van der Waals surface area contributed by atoms with E-state index in [1.807, 2.05) is 13.8 Å². The highest BCUT2D eigenvalue weighted by Crippen LogP contribution is 2.23. The van der Waals surface area contributed by atoms with Crippen molar-refractivity contribution in [2.45, 2.75) is 19.9 Å². The van der Waals surface area contributed by atoms with Crippen molar-refractivity contribution in [2.24, 2.45) is 0 Å². The molecule has 0 saturated carbocycles. The van der Waals surface area contributed by atoms with Gasteiger partial charge in [-0.3, -0.25) is 14.6 Å². The predicted molar refractivity (Wildman–Crippen MR) is 66.2 cm³/mol. The monoisotopic (exact) mass is 252 g/mol. The smallest absolute Gasteiger partial charge is 0.285 e. The molecule has 2 rings (SSSR count). The van der Waals surface area contributed by atoms with Crippen molar-refractivity contribution >= 4 is 29.2 Å². The zero-order valence-corrected chi connectivity index (χ0v) is 10.4. The lowest BCUT2D eigenvalue weighted by Crippen LogP contribution is -2.38. The summed E-state index contributed by atoms with van der Waals surface area (Å²) in [4.78, 5) is 26.5. The van der Waals surface area contributed by atoms with Crippen molar-refractivity contribution in [3.8, 4) is 0 Å². The van der Waals surface area contributed by atoms with Crippen LogP contribution in [-0.4, -0.2) is 29.4 Å². The molecule has 1 aromatic rings. The average Bonchev–Trinajstić information content (AvgIpc) is 2.55. The summed E-state index contributed by atoms with van der Waals surface area (Å²) in [6.45, 7) is 3.74. The van der Waals surface area contributed by atoms with E-state index in [-0.39, 0.29) is 24.5 Å². The number of carbonyl (C=O) groups is 2. The number of hydrogen-bond acceptors (Lipinski definition) is 2. The number of nitrogens with zero attached hydrogens (tertiary/aromatic N) is 2. The summed E-state index contributed by atoms with van der Waals surface area (Å²) >= 11 is 5.78. The zero-order chi connectivity index (χ0) is 12.6. The molecule has 0 spiro atoms. The highest BCUT2D eigenvalue weighted by atomic mass is 35.5. The molecule has 17 heavy (non-hydrogen) atoms. The molecular formula is C12H13ClN2O2. The zero-order valence-electron chi connectivity index (χ0n) is 9.68. The van der Waals surface area contributed by atoms with Gasteiger partial charge >= 0.3 is 6.03 Å². The maximum Gasteiger partial charge on any atom is 0.331 e. The number of rotatable bonds is 2. The minimum Gasteiger partial charge on any atom is -0.285 e. The van der Waals surface area contributed by atoms with Gasteiger partial charge < -0.3 is 0 Å². The molecule has 1 saturated heterocycles. The molecule has 1 heterocycles. The molecule has 3 amide bonds. The fourth-order valence-electron chi connectivity index (χ4n) is 1.85. The van der Waals surface area contributed by atoms with Crippen molar-refractivity contribution in [2.75, 3.05) is 11.4 Å². The highest BCUT2D eigenvalue weighted by molar-refractivity contribution is 6.30. The number of hydrogen-bond donors (Lipinski definition) is 0. The van der Waals surface area contributed by atoms with Crippen LogP contribution in [0.4, 0.5) is 10.5 Å². The Kier molecular flexibility index (Phi) is 3.07. The SMILES string of the molecule is CC(C)N1C(=O)CN(c2ccc(Cl)cc2)C1=O. The van der Waals surface area contributed by atoms with Gasteiger partial charge in [0.1, 0.15) is 6.54 Å². The highest BCUT2D eigenvalue weighted by Gasteiger charge is 2.38. The second-order valence-electron chi connectivity index (χ2n) is 4.20. The van der Waals surface area contributed by atoms with E-state index >= 15 is 0 Å². The van der Waals surface area contributed by atoms with E-state index in [9.17, 15) is 9.59 Å². The third-order valence-corrected chi connectivity index (χ3v) is 2.91. The Balaban J connectivity index is 2.27. The predicted octanol–water partition coefficient (Wildman–Crippen LogP) is 2.52. The van der Waals surface area contributed by atoms with Gasteiger partial charge in [-0.1, -0.05) is 11.6 Å². The molecule has 90 valence electrons. The van der Waals surface area contributed by atoms with E-state index in [1.165, 1.54) is 9.80 Å². The Labute approximate surface area is 105 Å². The first-order chi connectivity index (χ1) is 8.00. The standard InChI is InChI=1S/C12H13ClN2O2/c1-8(2)15-11(16)7-14(12(15)17)10-5-3-9(13)4-6-10/h3-6,8H,7H2,1-2H3. The molecule has 1 aliphatic rings. The van der Waals surface area contributed by atoms with Gasteiger partial charge in [0.05, 0.1) is 0 Å². The number of amides is 3. The normalized spacial score (nSPS) is 16.2. The van der Waals surface area contributed by atoms with Crippen molar-refractivity contribution in [1.29, 1.82) is 0 Å². The van der Waals surface area contributed by atoms with E-state index < -0.39 is 0 Å². The molecule has 1 aromatic carbocycles. The van der Waals surface area contributed by atoms with Crippen LogP contribution < -0.4 is 4.90 Å². The number of imide groups is 1. The van der Waals surface area contributed by atoms with Crippen LogP contribution >= 0.6 is 11.6 Å². The third kappa shape index (κ3) is 2.13. The first kappa shape index (κ1) is 11.9. The van der Waals surface area contributed by atoms with Crippen LogP contribution in [0.5, 0.6) is 0 Å². The van der Waals surface area contributed by atoms with E-state index in [1.54, 1.807) is 24.3 Å². The molecule has 0 unspecified atom stereocenters. The Morgan fingerprint density at radius 2 is 1.76 bits per heavy atom. The Morgan fingerprint density at radius 1 is 1.18 bits per heavy atom. The number of urea groups is 1. The summed E-state index contributed by atoms with van der Waals surface area (Å²) in [5, 5.41) is 0.604. The summed E-state index contributed by atoms with van der Waals surface area (Å²) in [6.07, 6.45) is 0. The topological polar surface area (TPSA) is 40.6 Å². The minimum absolute atomic E-state index is 0.0959. The quantitative estimate of drug-likeness (QED) is 0.759. The van der Waals surface area contributed by atoms with Crippen LogP contribution in [-0.2, 0) is 4.79 Å². The molecule has 1 aliphatic heterocycles. The lowest BCUT2D eigenvalue weighted by molar-refractivity contribution is -0.125. The summed E-state index contributed by atoms with van der Waals surface area (Å²) in [6, 6.07) is 6.48. The molecule has 0 N–H and O–H groups in total. The van der Waals surface area contributed by atoms with Gasteiger partial charge in [0.25, 0.3) is 5.91 Å². The van der Waals surface area contributed by atoms with Crippen LogP contribution in [0, 0.1) is 0 Å². The lowest BCUT2D eigenvalue weighted by Gasteiger charge is -2.19. The van der Waals surface area contributed by atoms with E-state index in [0.29, 0.717) is 10.7 Å². The number of carbonyl (C=O) groups excluding carboxylic acids is 2. The van der Waals surface area contributed by atoms with E-state index in [2.05, 4.69) is 0 Å². The van der Waals surface area contributed by atoms with Gasteiger partial charge in [-0.2, -0.15) is 0 Å². The van der Waals surface area contributed by atoms with Crippen molar-refractivity contribution < 1.29 is 9.59 Å². The number of benzene rings is 1. The van der Waals surface area contributed by atoms with Crippen LogP contribution in [0.3, 0.4) is 0 Å². The van der Waals surface area contributed by atoms with Crippen molar-refractivity contribution in [1.82, 2.24) is 4.90 Å². The van der Waals surface area contributed by atoms with Gasteiger partial charge in [-0.25, -0.2) is 4.79 Å². The molecule has 1 fully saturated rings. The van der Waals surface area contributed by atoms with Crippen molar-refractivity contribution in [3.05, 3.63) is 29.3 Å². The van der Waals surface area contributed by atoms with Crippen LogP contribution in [0.1, 0.15) is 13.8 Å². The van der Waals surface area contributed by atoms with E-state index in [0.717, 1.165) is 0 Å². The summed E-state index contributed by atoms with van der Waals surface area (Å²) in [5.41, 5.74) is 0.691. The van der Waals surface area contributed by atoms with Gasteiger partial charge in [0, 0.05) is 16.8 Å². The molecule has 0 bridgehead atoms. The van der Waals surface area contributed by atoms with Crippen molar-refractivity contribution in [3.63, 3.8) is 0 Å². The molecule has 0 radical (unpaired) electrons. The number of halogens is 1. The van der Waals surface area contributed by atoms with Crippen LogP contribution in [0.15, 0.2) is 24.3 Å². The summed E-state index contributed by atoms with van der Waals surface area (Å²) in [7, 11) is 0. The first-order valence-electron chi connectivity index (χ1n) is 5.40. The minimum atomic E-state index is -0.271. The fraction of sp³-hybridized carbons (Fsp3) is 0.333. The Bertz CT molecular complexity index is 456. The van der Waals surface area contributed by atoms with Gasteiger partial charge in [-0.15, -0.1) is 0 Å². The van der Waals surface area contributed by atoms with E-state index in [4.69, 9.17) is 11.6 Å². The molecule has 4 nitrogen and oxygen atoms in total. The lowest BCUT2D eigenvalue weighted by atomic mass is 10.3. The third-order valence-electron chi connectivity index (χ3n) is 2.65. The molecule has 0 atom stereocenters. The summed E-state index contributed by atoms with van der Waals surface area (Å²) in [5.74, 6) is -0.167. The molecule has 0 aliphatic carbocycles. The fourth-order valence-corrected chi connectivity index (χ4v) is 1.97. The maximum atomic E-state index is 12.0. The van der Waals surface area contributed by atoms with Gasteiger partial charge in [0.15, 0.2) is 0 Å². The second-order valence-corrected chi connectivity index (χ2v) is 4.64. The Morgan fingerprint density at radius 3 is 2.24 bits per heavy atom. The first-order valence-corrected chi connectivity index (χ1v) is 5.77. The molecule has 0 aromatic heterocycles. The van der Waals surface area contributed by atoms with Crippen LogP contribution in [0.25, 0.3) is 0 Å². The second kappa shape index (κ2) is 4.37. The average molecular weight is 253 g/mol. The Hall–Kier alpha value is -1.55. The molecular weight excluding hydrogens is 240 g/mol. The van der Waals surface area contributed by atoms with Gasteiger partial charge in [0.2, 0.25) is 0 Å². The number of anilines is 1. The summed E-state index contributed by atoms with van der Waals surface area (Å²) < 4.78 is 0. The largest absolute Gasteiger partial charge is 0.331 e. The maximum absolute atomic E-state index is 12.0. The van der Waals surface area contributed by atoms with Crippen LogP contribution in [0.2, 0.25) is 5.02 Å². The van der Waals surface area contributed by atoms with Gasteiger partial charge in [-0.05, 0) is 38.1 Å².